The number of carbonyl (C=O) groups excluding carboxylic acids is 1. The maximum Gasteiger partial charge on any atom is 0.242 e. The molecule has 1 aliphatic rings. The van der Waals surface area contributed by atoms with E-state index in [1.165, 1.54) is 0 Å². The number of rotatable bonds is 1. The molecule has 1 amide bonds. The normalized spacial score (nSPS) is 17.1. The number of hydrogen-bond acceptors (Lipinski definition) is 4. The van der Waals surface area contributed by atoms with Crippen molar-refractivity contribution in [2.75, 3.05) is 31.6 Å². The van der Waals surface area contributed by atoms with Crippen LogP contribution in [0.4, 0.5) is 5.95 Å². The number of aromatic nitrogens is 2. The Morgan fingerprint density at radius 2 is 2.00 bits per heavy atom. The molecule has 0 atom stereocenters. The minimum atomic E-state index is 0.114. The molecule has 0 aliphatic carbocycles. The minimum Gasteiger partial charge on any atom is -0.342 e. The van der Waals surface area contributed by atoms with E-state index in [-0.39, 0.29) is 5.91 Å². The summed E-state index contributed by atoms with van der Waals surface area (Å²) in [6, 6.07) is 0. The maximum absolute atomic E-state index is 11.5. The zero-order valence-corrected chi connectivity index (χ0v) is 10.5. The Morgan fingerprint density at radius 1 is 1.33 bits per heavy atom. The van der Waals surface area contributed by atoms with Gasteiger partial charge in [-0.3, -0.25) is 4.79 Å². The summed E-state index contributed by atoms with van der Waals surface area (Å²) in [6.07, 6.45) is 3.51. The number of hydrogen-bond donors (Lipinski definition) is 0. The molecule has 0 bridgehead atoms. The van der Waals surface area contributed by atoms with Crippen LogP contribution in [0.25, 0.3) is 0 Å². The van der Waals surface area contributed by atoms with E-state index in [1.54, 1.807) is 17.3 Å². The zero-order valence-electron chi connectivity index (χ0n) is 8.35. The first kappa shape index (κ1) is 10.6. The fourth-order valence-electron chi connectivity index (χ4n) is 1.40. The first-order valence-corrected chi connectivity index (χ1v) is 5.71. The van der Waals surface area contributed by atoms with Gasteiger partial charge in [0.25, 0.3) is 0 Å². The summed E-state index contributed by atoms with van der Waals surface area (Å²) < 4.78 is 0.997. The third kappa shape index (κ3) is 2.36. The van der Waals surface area contributed by atoms with Crippen LogP contribution in [0, 0.1) is 3.57 Å². The molecule has 1 aromatic rings. The minimum absolute atomic E-state index is 0.114. The Labute approximate surface area is 102 Å². The van der Waals surface area contributed by atoms with Crippen LogP contribution < -0.4 is 4.90 Å². The van der Waals surface area contributed by atoms with Crippen molar-refractivity contribution in [2.24, 2.45) is 0 Å². The number of anilines is 1. The van der Waals surface area contributed by atoms with Crippen LogP contribution in [0.3, 0.4) is 0 Å². The molecule has 5 nitrogen and oxygen atoms in total. The zero-order chi connectivity index (χ0) is 10.8. The van der Waals surface area contributed by atoms with E-state index < -0.39 is 0 Å². The summed E-state index contributed by atoms with van der Waals surface area (Å²) in [5, 5.41) is 0. The number of carbonyl (C=O) groups is 1. The average Bonchev–Trinajstić information content (AvgIpc) is 2.23. The largest absolute Gasteiger partial charge is 0.342 e. The predicted molar refractivity (Wildman–Crippen MR) is 64.6 cm³/mol. The lowest BCUT2D eigenvalue weighted by atomic mass is 10.3. The molecule has 1 aromatic heterocycles. The van der Waals surface area contributed by atoms with Gasteiger partial charge < -0.3 is 9.80 Å². The predicted octanol–water partition coefficient (Wildman–Crippen LogP) is 0.360. The van der Waals surface area contributed by atoms with Gasteiger partial charge in [-0.2, -0.15) is 0 Å². The molecular formula is C9H11IN4O. The van der Waals surface area contributed by atoms with Crippen LogP contribution >= 0.6 is 22.6 Å². The lowest BCUT2D eigenvalue weighted by Gasteiger charge is -2.31. The van der Waals surface area contributed by atoms with Crippen molar-refractivity contribution in [3.63, 3.8) is 0 Å². The molecule has 2 heterocycles. The smallest absolute Gasteiger partial charge is 0.242 e. The van der Waals surface area contributed by atoms with E-state index >= 15 is 0 Å². The number of halogens is 1. The summed E-state index contributed by atoms with van der Waals surface area (Å²) in [7, 11) is 1.81. The fraction of sp³-hybridized carbons (Fsp3) is 0.444. The molecule has 1 fully saturated rings. The topological polar surface area (TPSA) is 49.3 Å². The molecule has 0 spiro atoms. The molecule has 80 valence electrons. The van der Waals surface area contributed by atoms with Gasteiger partial charge in [0.1, 0.15) is 0 Å². The highest BCUT2D eigenvalue weighted by atomic mass is 127. The van der Waals surface area contributed by atoms with Gasteiger partial charge in [0.15, 0.2) is 0 Å². The molecule has 0 aromatic carbocycles. The second kappa shape index (κ2) is 4.30. The van der Waals surface area contributed by atoms with Gasteiger partial charge in [0.2, 0.25) is 11.9 Å². The van der Waals surface area contributed by atoms with Crippen LogP contribution in [0.5, 0.6) is 0 Å². The van der Waals surface area contributed by atoms with Crippen molar-refractivity contribution in [3.05, 3.63) is 16.0 Å². The third-order valence-electron chi connectivity index (χ3n) is 2.35. The Hall–Kier alpha value is -0.920. The Balaban J connectivity index is 2.12. The molecule has 1 saturated heterocycles. The molecule has 0 N–H and O–H groups in total. The van der Waals surface area contributed by atoms with Gasteiger partial charge in [-0.1, -0.05) is 0 Å². The van der Waals surface area contributed by atoms with E-state index in [0.717, 1.165) is 16.7 Å². The van der Waals surface area contributed by atoms with Gasteiger partial charge in [0.05, 0.1) is 6.54 Å². The second-order valence-corrected chi connectivity index (χ2v) is 4.68. The highest BCUT2D eigenvalue weighted by molar-refractivity contribution is 14.1. The van der Waals surface area contributed by atoms with Crippen molar-refractivity contribution >= 4 is 34.4 Å². The Morgan fingerprint density at radius 3 is 2.60 bits per heavy atom. The third-order valence-corrected chi connectivity index (χ3v) is 2.90. The SMILES string of the molecule is CN1CCN(c2ncc(I)cn2)CC1=O. The molecule has 0 saturated carbocycles. The molecule has 0 radical (unpaired) electrons. The van der Waals surface area contributed by atoms with E-state index in [1.807, 2.05) is 11.9 Å². The average molecular weight is 318 g/mol. The standard InChI is InChI=1S/C9H11IN4O/c1-13-2-3-14(6-8(13)15)9-11-4-7(10)5-12-9/h4-5H,2-3,6H2,1H3. The van der Waals surface area contributed by atoms with Crippen molar-refractivity contribution < 1.29 is 4.79 Å². The fourth-order valence-corrected chi connectivity index (χ4v) is 1.68. The molecule has 15 heavy (non-hydrogen) atoms. The van der Waals surface area contributed by atoms with Crippen molar-refractivity contribution in [3.8, 4) is 0 Å². The van der Waals surface area contributed by atoms with Gasteiger partial charge in [-0.25, -0.2) is 9.97 Å². The monoisotopic (exact) mass is 318 g/mol. The van der Waals surface area contributed by atoms with Crippen molar-refractivity contribution in [1.29, 1.82) is 0 Å². The maximum atomic E-state index is 11.5. The van der Waals surface area contributed by atoms with Crippen LogP contribution in [-0.4, -0.2) is 47.5 Å². The first-order valence-electron chi connectivity index (χ1n) is 4.63. The summed E-state index contributed by atoms with van der Waals surface area (Å²) >= 11 is 2.16. The molecule has 2 rings (SSSR count). The lowest BCUT2D eigenvalue weighted by molar-refractivity contribution is -0.129. The van der Waals surface area contributed by atoms with E-state index in [0.29, 0.717) is 12.5 Å². The van der Waals surface area contributed by atoms with Crippen molar-refractivity contribution in [2.45, 2.75) is 0 Å². The van der Waals surface area contributed by atoms with Gasteiger partial charge in [-0.05, 0) is 22.6 Å². The number of likely N-dealkylation sites (N-methyl/N-ethyl adjacent to an activating group) is 1. The van der Waals surface area contributed by atoms with Crippen LogP contribution in [-0.2, 0) is 4.79 Å². The molecule has 0 unspecified atom stereocenters. The highest BCUT2D eigenvalue weighted by Gasteiger charge is 2.22. The Kier molecular flexibility index (Phi) is 3.03. The van der Waals surface area contributed by atoms with Gasteiger partial charge in [-0.15, -0.1) is 0 Å². The summed E-state index contributed by atoms with van der Waals surface area (Å²) in [6.45, 7) is 1.90. The molecule has 6 heteroatoms. The summed E-state index contributed by atoms with van der Waals surface area (Å²) in [5.74, 6) is 0.750. The molecule has 1 aliphatic heterocycles. The van der Waals surface area contributed by atoms with Crippen LogP contribution in [0.15, 0.2) is 12.4 Å². The van der Waals surface area contributed by atoms with E-state index in [4.69, 9.17) is 0 Å². The number of nitrogens with zero attached hydrogens (tertiary/aromatic N) is 4. The van der Waals surface area contributed by atoms with Gasteiger partial charge >= 0.3 is 0 Å². The summed E-state index contributed by atoms with van der Waals surface area (Å²) in [4.78, 5) is 23.5. The lowest BCUT2D eigenvalue weighted by Crippen LogP contribution is -2.49. The van der Waals surface area contributed by atoms with Gasteiger partial charge in [0, 0.05) is 36.1 Å². The van der Waals surface area contributed by atoms with E-state index in [2.05, 4.69) is 32.6 Å². The number of piperazine rings is 1. The molecular weight excluding hydrogens is 307 g/mol. The highest BCUT2D eigenvalue weighted by Crippen LogP contribution is 2.11. The summed E-state index contributed by atoms with van der Waals surface area (Å²) in [5.41, 5.74) is 0. The number of amides is 1. The Bertz CT molecular complexity index is 367. The van der Waals surface area contributed by atoms with Crippen molar-refractivity contribution in [1.82, 2.24) is 14.9 Å². The quantitative estimate of drug-likeness (QED) is 0.702. The first-order chi connectivity index (χ1) is 7.16. The second-order valence-electron chi connectivity index (χ2n) is 3.44. The van der Waals surface area contributed by atoms with E-state index in [9.17, 15) is 4.79 Å². The van der Waals surface area contributed by atoms with Crippen LogP contribution in [0.2, 0.25) is 0 Å². The van der Waals surface area contributed by atoms with Crippen LogP contribution in [0.1, 0.15) is 0 Å².